The summed E-state index contributed by atoms with van der Waals surface area (Å²) in [5.74, 6) is 0.597. The van der Waals surface area contributed by atoms with Crippen LogP contribution in [0.1, 0.15) is 23.6 Å². The number of thioether (sulfide) groups is 1. The van der Waals surface area contributed by atoms with Gasteiger partial charge in [0, 0.05) is 10.6 Å². The molecule has 3 aromatic carbocycles. The second-order valence-electron chi connectivity index (χ2n) is 6.95. The van der Waals surface area contributed by atoms with Gasteiger partial charge in [-0.25, -0.2) is 0 Å². The van der Waals surface area contributed by atoms with E-state index in [1.165, 1.54) is 11.8 Å². The highest BCUT2D eigenvalue weighted by molar-refractivity contribution is 8.27. The number of rotatable bonds is 6. The number of aryl methyl sites for hydroxylation is 1. The number of amides is 1. The van der Waals surface area contributed by atoms with Crippen LogP contribution in [0.25, 0.3) is 6.08 Å². The molecule has 1 aliphatic rings. The number of anilines is 1. The van der Waals surface area contributed by atoms with Crippen LogP contribution in [0.3, 0.4) is 0 Å². The van der Waals surface area contributed by atoms with Crippen molar-refractivity contribution >= 4 is 57.6 Å². The molecule has 0 saturated carbocycles. The normalized spacial score (nSPS) is 15.0. The van der Waals surface area contributed by atoms with Gasteiger partial charge in [0.15, 0.2) is 4.32 Å². The van der Waals surface area contributed by atoms with Gasteiger partial charge in [-0.05, 0) is 47.9 Å². The second kappa shape index (κ2) is 9.69. The minimum Gasteiger partial charge on any atom is -0.488 e. The molecule has 3 nitrogen and oxygen atoms in total. The lowest BCUT2D eigenvalue weighted by molar-refractivity contribution is -0.113. The summed E-state index contributed by atoms with van der Waals surface area (Å²) in [7, 11) is 0. The van der Waals surface area contributed by atoms with E-state index in [9.17, 15) is 4.79 Å². The third-order valence-corrected chi connectivity index (χ3v) is 6.47. The minimum absolute atomic E-state index is 0.108. The fraction of sp³-hybridized carbons (Fsp3) is 0.120. The standard InChI is InChI=1S/C25H20ClNO2S2/c1-2-18-7-3-5-9-21(18)27-24(28)23(31-25(27)30)15-19-8-4-6-10-22(19)29-16-17-11-13-20(26)14-12-17/h3-15H,2,16H2,1H3/b23-15-. The molecule has 0 spiro atoms. The van der Waals surface area contributed by atoms with Crippen molar-refractivity contribution in [2.24, 2.45) is 0 Å². The van der Waals surface area contributed by atoms with Crippen LogP contribution in [0.5, 0.6) is 5.75 Å². The minimum atomic E-state index is -0.108. The van der Waals surface area contributed by atoms with Crippen molar-refractivity contribution in [1.82, 2.24) is 0 Å². The molecule has 1 amide bonds. The number of halogens is 1. The van der Waals surface area contributed by atoms with Gasteiger partial charge in [0.1, 0.15) is 12.4 Å². The van der Waals surface area contributed by atoms with E-state index in [1.54, 1.807) is 4.90 Å². The maximum atomic E-state index is 13.2. The van der Waals surface area contributed by atoms with E-state index >= 15 is 0 Å². The van der Waals surface area contributed by atoms with Gasteiger partial charge in [-0.2, -0.15) is 0 Å². The molecule has 0 radical (unpaired) electrons. The van der Waals surface area contributed by atoms with E-state index in [2.05, 4.69) is 6.92 Å². The first-order chi connectivity index (χ1) is 15.1. The Morgan fingerprint density at radius 2 is 1.74 bits per heavy atom. The summed E-state index contributed by atoms with van der Waals surface area (Å²) in [5.41, 5.74) is 3.79. The Kier molecular flexibility index (Phi) is 6.76. The van der Waals surface area contributed by atoms with E-state index in [4.69, 9.17) is 28.6 Å². The summed E-state index contributed by atoms with van der Waals surface area (Å²) in [6.07, 6.45) is 2.68. The summed E-state index contributed by atoms with van der Waals surface area (Å²) in [6, 6.07) is 23.1. The maximum absolute atomic E-state index is 13.2. The van der Waals surface area contributed by atoms with E-state index in [1.807, 2.05) is 78.9 Å². The molecule has 1 fully saturated rings. The van der Waals surface area contributed by atoms with E-state index in [0.717, 1.165) is 28.8 Å². The summed E-state index contributed by atoms with van der Waals surface area (Å²) < 4.78 is 6.57. The highest BCUT2D eigenvalue weighted by Crippen LogP contribution is 2.38. The average Bonchev–Trinajstić information content (AvgIpc) is 3.06. The third kappa shape index (κ3) is 4.85. The Hall–Kier alpha value is -2.60. The monoisotopic (exact) mass is 465 g/mol. The quantitative estimate of drug-likeness (QED) is 0.293. The predicted octanol–water partition coefficient (Wildman–Crippen LogP) is 6.89. The first-order valence-electron chi connectivity index (χ1n) is 9.89. The zero-order valence-electron chi connectivity index (χ0n) is 16.9. The van der Waals surface area contributed by atoms with Gasteiger partial charge < -0.3 is 4.74 Å². The molecule has 0 bridgehead atoms. The predicted molar refractivity (Wildman–Crippen MR) is 134 cm³/mol. The Labute approximate surface area is 196 Å². The lowest BCUT2D eigenvalue weighted by atomic mass is 10.1. The highest BCUT2D eigenvalue weighted by Gasteiger charge is 2.34. The van der Waals surface area contributed by atoms with Crippen molar-refractivity contribution in [1.29, 1.82) is 0 Å². The molecule has 3 aromatic rings. The number of nitrogens with zero attached hydrogens (tertiary/aromatic N) is 1. The van der Waals surface area contributed by atoms with Gasteiger partial charge in [-0.1, -0.05) is 91.0 Å². The zero-order valence-corrected chi connectivity index (χ0v) is 19.3. The Morgan fingerprint density at radius 1 is 1.03 bits per heavy atom. The summed E-state index contributed by atoms with van der Waals surface area (Å²) >= 11 is 12.8. The highest BCUT2D eigenvalue weighted by atomic mass is 35.5. The lowest BCUT2D eigenvalue weighted by Crippen LogP contribution is -2.28. The number of carbonyl (C=O) groups is 1. The number of benzene rings is 3. The lowest BCUT2D eigenvalue weighted by Gasteiger charge is -2.18. The molecule has 6 heteroatoms. The van der Waals surface area contributed by atoms with Gasteiger partial charge in [-0.3, -0.25) is 9.69 Å². The Bertz CT molecular complexity index is 1160. The molecular weight excluding hydrogens is 446 g/mol. The second-order valence-corrected chi connectivity index (χ2v) is 9.06. The SMILES string of the molecule is CCc1ccccc1N1C(=O)/C(=C/c2ccccc2OCc2ccc(Cl)cc2)SC1=S. The van der Waals surface area contributed by atoms with Gasteiger partial charge in [0.05, 0.1) is 10.6 Å². The van der Waals surface area contributed by atoms with Crippen LogP contribution in [-0.4, -0.2) is 10.2 Å². The summed E-state index contributed by atoms with van der Waals surface area (Å²) in [4.78, 5) is 15.4. The number of para-hydroxylation sites is 2. The van der Waals surface area contributed by atoms with Crippen molar-refractivity contribution in [3.05, 3.63) is 99.4 Å². The van der Waals surface area contributed by atoms with Crippen molar-refractivity contribution in [3.8, 4) is 5.75 Å². The molecule has 0 atom stereocenters. The number of hydrogen-bond donors (Lipinski definition) is 0. The van der Waals surface area contributed by atoms with Crippen molar-refractivity contribution in [3.63, 3.8) is 0 Å². The number of thiocarbonyl (C=S) groups is 1. The van der Waals surface area contributed by atoms with E-state index in [-0.39, 0.29) is 5.91 Å². The molecule has 4 rings (SSSR count). The molecule has 1 heterocycles. The van der Waals surface area contributed by atoms with Crippen LogP contribution in [0, 0.1) is 0 Å². The van der Waals surface area contributed by atoms with Crippen molar-refractivity contribution in [2.75, 3.05) is 4.90 Å². The first kappa shape index (κ1) is 21.6. The van der Waals surface area contributed by atoms with Gasteiger partial charge in [-0.15, -0.1) is 0 Å². The van der Waals surface area contributed by atoms with Gasteiger partial charge >= 0.3 is 0 Å². The van der Waals surface area contributed by atoms with Crippen LogP contribution in [0.15, 0.2) is 77.7 Å². The summed E-state index contributed by atoms with van der Waals surface area (Å²) in [6.45, 7) is 2.48. The first-order valence-corrected chi connectivity index (χ1v) is 11.5. The molecule has 31 heavy (non-hydrogen) atoms. The van der Waals surface area contributed by atoms with Crippen LogP contribution in [0.2, 0.25) is 5.02 Å². The smallest absolute Gasteiger partial charge is 0.270 e. The molecule has 0 aliphatic carbocycles. The van der Waals surface area contributed by atoms with Crippen LogP contribution in [0.4, 0.5) is 5.69 Å². The molecular formula is C25H20ClNO2S2. The number of ether oxygens (including phenoxy) is 1. The molecule has 0 unspecified atom stereocenters. The Morgan fingerprint density at radius 3 is 2.52 bits per heavy atom. The summed E-state index contributed by atoms with van der Waals surface area (Å²) in [5, 5.41) is 0.691. The van der Waals surface area contributed by atoms with Crippen molar-refractivity contribution in [2.45, 2.75) is 20.0 Å². The number of hydrogen-bond acceptors (Lipinski definition) is 4. The topological polar surface area (TPSA) is 29.5 Å². The van der Waals surface area contributed by atoms with Crippen molar-refractivity contribution < 1.29 is 9.53 Å². The maximum Gasteiger partial charge on any atom is 0.270 e. The van der Waals surface area contributed by atoms with Crippen LogP contribution < -0.4 is 9.64 Å². The van der Waals surface area contributed by atoms with E-state index in [0.29, 0.717) is 26.6 Å². The van der Waals surface area contributed by atoms with Gasteiger partial charge in [0.25, 0.3) is 5.91 Å². The molecule has 156 valence electrons. The van der Waals surface area contributed by atoms with Crippen LogP contribution in [-0.2, 0) is 17.8 Å². The zero-order chi connectivity index (χ0) is 21.8. The molecule has 1 aliphatic heterocycles. The molecule has 0 N–H and O–H groups in total. The third-order valence-electron chi connectivity index (χ3n) is 4.92. The Balaban J connectivity index is 1.58. The van der Waals surface area contributed by atoms with E-state index < -0.39 is 0 Å². The average molecular weight is 466 g/mol. The molecule has 0 aromatic heterocycles. The van der Waals surface area contributed by atoms with Gasteiger partial charge in [0.2, 0.25) is 0 Å². The number of carbonyl (C=O) groups excluding carboxylic acids is 1. The van der Waals surface area contributed by atoms with Crippen LogP contribution >= 0.6 is 35.6 Å². The fourth-order valence-electron chi connectivity index (χ4n) is 3.32. The largest absolute Gasteiger partial charge is 0.488 e. The fourth-order valence-corrected chi connectivity index (χ4v) is 4.72. The molecule has 1 saturated heterocycles.